The summed E-state index contributed by atoms with van der Waals surface area (Å²) in [7, 11) is 0. The van der Waals surface area contributed by atoms with Gasteiger partial charge in [0.15, 0.2) is 12.0 Å². The molecule has 2 heterocycles. The van der Waals surface area contributed by atoms with Crippen molar-refractivity contribution in [1.29, 1.82) is 0 Å². The Morgan fingerprint density at radius 1 is 1.47 bits per heavy atom. The van der Waals surface area contributed by atoms with Gasteiger partial charge < -0.3 is 20.1 Å². The monoisotopic (exact) mass is 246 g/mol. The molecule has 0 spiro atoms. The molecular formula is C9H11FN2O5. The number of hydrogen-bond donors (Lipinski definition) is 3. The molecule has 1 aromatic heterocycles. The van der Waals surface area contributed by atoms with Crippen molar-refractivity contribution in [3.63, 3.8) is 0 Å². The molecule has 1 unspecified atom stereocenters. The largest absolute Gasteiger partial charge is 0.394 e. The van der Waals surface area contributed by atoms with E-state index in [0.717, 1.165) is 17.0 Å². The summed E-state index contributed by atoms with van der Waals surface area (Å²) in [6.45, 7) is -0.522. The molecule has 0 amide bonds. The van der Waals surface area contributed by atoms with Crippen molar-refractivity contribution < 1.29 is 24.4 Å². The first-order valence-electron chi connectivity index (χ1n) is 4.90. The molecule has 1 aliphatic heterocycles. The van der Waals surface area contributed by atoms with Crippen LogP contribution >= 0.6 is 0 Å². The number of halogens is 1. The summed E-state index contributed by atoms with van der Waals surface area (Å²) >= 11 is 0. The van der Waals surface area contributed by atoms with Gasteiger partial charge in [0.05, 0.1) is 12.8 Å². The molecule has 0 radical (unpaired) electrons. The Labute approximate surface area is 94.7 Å². The highest BCUT2D eigenvalue weighted by molar-refractivity contribution is 4.94. The lowest BCUT2D eigenvalue weighted by atomic mass is 10.1. The van der Waals surface area contributed by atoms with E-state index in [-0.39, 0.29) is 0 Å². The van der Waals surface area contributed by atoms with E-state index in [1.165, 1.54) is 0 Å². The number of hydrogen-bond acceptors (Lipinski definition) is 6. The van der Waals surface area contributed by atoms with Gasteiger partial charge in [-0.25, -0.2) is 9.18 Å². The van der Waals surface area contributed by atoms with E-state index in [1.807, 2.05) is 0 Å². The summed E-state index contributed by atoms with van der Waals surface area (Å²) in [5, 5.41) is 28.0. The number of ether oxygens (including phenoxy) is 1. The van der Waals surface area contributed by atoms with Gasteiger partial charge in [0.1, 0.15) is 18.3 Å². The van der Waals surface area contributed by atoms with Crippen LogP contribution in [0.15, 0.2) is 17.2 Å². The van der Waals surface area contributed by atoms with Crippen molar-refractivity contribution in [1.82, 2.24) is 9.55 Å². The van der Waals surface area contributed by atoms with E-state index >= 15 is 0 Å². The minimum absolute atomic E-state index is 0.522. The standard InChI is InChI=1S/C9H11FN2O5/c10-4-1-11-9(16)12(2-4)8-7(15)6(14)5(3-13)17-8/h1-2,5-8,13-15H,3H2/t5-,6-,7-,8?/m1/s1. The van der Waals surface area contributed by atoms with Crippen molar-refractivity contribution in [2.45, 2.75) is 24.5 Å². The Kier molecular flexibility index (Phi) is 3.20. The number of aromatic nitrogens is 2. The van der Waals surface area contributed by atoms with Crippen molar-refractivity contribution in [2.24, 2.45) is 0 Å². The molecule has 3 N–H and O–H groups in total. The van der Waals surface area contributed by atoms with Crippen LogP contribution in [0.5, 0.6) is 0 Å². The number of aliphatic hydroxyl groups excluding tert-OH is 3. The fourth-order valence-electron chi connectivity index (χ4n) is 1.70. The lowest BCUT2D eigenvalue weighted by molar-refractivity contribution is -0.0553. The van der Waals surface area contributed by atoms with Crippen LogP contribution < -0.4 is 5.69 Å². The highest BCUT2D eigenvalue weighted by Gasteiger charge is 2.43. The summed E-state index contributed by atoms with van der Waals surface area (Å²) < 4.78 is 18.7. The SMILES string of the molecule is O=c1ncc(F)cn1C1O[C@H](CO)[C@@H](O)[C@H]1O. The van der Waals surface area contributed by atoms with Gasteiger partial charge in [-0.15, -0.1) is 0 Å². The summed E-state index contributed by atoms with van der Waals surface area (Å²) in [4.78, 5) is 14.6. The third kappa shape index (κ3) is 2.07. The topological polar surface area (TPSA) is 105 Å². The van der Waals surface area contributed by atoms with Gasteiger partial charge in [0.25, 0.3) is 0 Å². The van der Waals surface area contributed by atoms with Crippen LogP contribution in [0.1, 0.15) is 6.23 Å². The average molecular weight is 246 g/mol. The minimum Gasteiger partial charge on any atom is -0.394 e. The molecule has 0 aromatic carbocycles. The molecule has 1 aromatic rings. The Balaban J connectivity index is 2.35. The maximum absolute atomic E-state index is 12.9. The molecule has 1 saturated heterocycles. The maximum Gasteiger partial charge on any atom is 0.349 e. The van der Waals surface area contributed by atoms with E-state index in [0.29, 0.717) is 0 Å². The normalized spacial score (nSPS) is 32.9. The Bertz CT molecular complexity index is 465. The molecule has 0 saturated carbocycles. The third-order valence-electron chi connectivity index (χ3n) is 2.57. The van der Waals surface area contributed by atoms with Crippen LogP contribution in [0.25, 0.3) is 0 Å². The van der Waals surface area contributed by atoms with Gasteiger partial charge in [-0.2, -0.15) is 4.98 Å². The predicted molar refractivity (Wildman–Crippen MR) is 51.5 cm³/mol. The molecule has 4 atom stereocenters. The van der Waals surface area contributed by atoms with Gasteiger partial charge in [-0.3, -0.25) is 4.57 Å². The van der Waals surface area contributed by atoms with E-state index < -0.39 is 42.7 Å². The van der Waals surface area contributed by atoms with Crippen molar-refractivity contribution in [3.8, 4) is 0 Å². The quantitative estimate of drug-likeness (QED) is 0.557. The zero-order valence-electron chi connectivity index (χ0n) is 8.60. The zero-order chi connectivity index (χ0) is 12.6. The lowest BCUT2D eigenvalue weighted by Gasteiger charge is -2.16. The summed E-state index contributed by atoms with van der Waals surface area (Å²) in [6.07, 6.45) is -3.52. The number of rotatable bonds is 2. The van der Waals surface area contributed by atoms with E-state index in [9.17, 15) is 19.4 Å². The molecule has 17 heavy (non-hydrogen) atoms. The smallest absolute Gasteiger partial charge is 0.349 e. The fraction of sp³-hybridized carbons (Fsp3) is 0.556. The first-order chi connectivity index (χ1) is 8.04. The van der Waals surface area contributed by atoms with Crippen molar-refractivity contribution in [3.05, 3.63) is 28.7 Å². The van der Waals surface area contributed by atoms with Crippen LogP contribution in [0.2, 0.25) is 0 Å². The molecule has 0 aliphatic carbocycles. The second-order valence-electron chi connectivity index (χ2n) is 3.69. The van der Waals surface area contributed by atoms with Crippen molar-refractivity contribution >= 4 is 0 Å². The molecular weight excluding hydrogens is 235 g/mol. The molecule has 94 valence electrons. The van der Waals surface area contributed by atoms with Crippen LogP contribution in [-0.4, -0.2) is 49.8 Å². The second-order valence-corrected chi connectivity index (χ2v) is 3.69. The zero-order valence-corrected chi connectivity index (χ0v) is 8.60. The average Bonchev–Trinajstić information content (AvgIpc) is 2.59. The minimum atomic E-state index is -1.44. The molecule has 0 bridgehead atoms. The first kappa shape index (κ1) is 12.1. The van der Waals surface area contributed by atoms with Crippen LogP contribution in [0.4, 0.5) is 4.39 Å². The predicted octanol–water partition coefficient (Wildman–Crippen LogP) is -2.01. The molecule has 7 nitrogen and oxygen atoms in total. The van der Waals surface area contributed by atoms with Gasteiger partial charge in [0.2, 0.25) is 0 Å². The number of nitrogens with zero attached hydrogens (tertiary/aromatic N) is 2. The second kappa shape index (κ2) is 4.49. The maximum atomic E-state index is 12.9. The van der Waals surface area contributed by atoms with Crippen LogP contribution in [-0.2, 0) is 4.74 Å². The van der Waals surface area contributed by atoms with Gasteiger partial charge in [-0.05, 0) is 0 Å². The summed E-state index contributed by atoms with van der Waals surface area (Å²) in [5.41, 5.74) is -0.818. The Morgan fingerprint density at radius 3 is 2.76 bits per heavy atom. The first-order valence-corrected chi connectivity index (χ1v) is 4.90. The van der Waals surface area contributed by atoms with Crippen LogP contribution in [0.3, 0.4) is 0 Å². The number of aliphatic hydroxyl groups is 3. The molecule has 1 aliphatic rings. The Hall–Kier alpha value is -1.35. The lowest BCUT2D eigenvalue weighted by Crippen LogP contribution is -2.36. The van der Waals surface area contributed by atoms with Crippen LogP contribution in [0, 0.1) is 5.82 Å². The van der Waals surface area contributed by atoms with E-state index in [2.05, 4.69) is 4.98 Å². The van der Waals surface area contributed by atoms with Crippen molar-refractivity contribution in [2.75, 3.05) is 6.61 Å². The Morgan fingerprint density at radius 2 is 2.18 bits per heavy atom. The highest BCUT2D eigenvalue weighted by atomic mass is 19.1. The fourth-order valence-corrected chi connectivity index (χ4v) is 1.70. The van der Waals surface area contributed by atoms with E-state index in [4.69, 9.17) is 9.84 Å². The van der Waals surface area contributed by atoms with Gasteiger partial charge in [0, 0.05) is 6.20 Å². The molecule has 1 fully saturated rings. The van der Waals surface area contributed by atoms with Gasteiger partial charge in [-0.1, -0.05) is 0 Å². The van der Waals surface area contributed by atoms with E-state index in [1.54, 1.807) is 0 Å². The third-order valence-corrected chi connectivity index (χ3v) is 2.57. The summed E-state index contributed by atoms with van der Waals surface area (Å²) in [5.74, 6) is -0.776. The highest BCUT2D eigenvalue weighted by Crippen LogP contribution is 2.27. The molecule has 2 rings (SSSR count). The molecule has 8 heteroatoms. The van der Waals surface area contributed by atoms with Gasteiger partial charge >= 0.3 is 5.69 Å². The summed E-state index contributed by atoms with van der Waals surface area (Å²) in [6, 6.07) is 0.